The lowest BCUT2D eigenvalue weighted by Gasteiger charge is -2.07. The molecule has 0 aliphatic carbocycles. The average Bonchev–Trinajstić information content (AvgIpc) is 2.46. The number of anilines is 1. The van der Waals surface area contributed by atoms with E-state index in [4.69, 9.17) is 0 Å². The molecule has 2 nitrogen and oxygen atoms in total. The van der Waals surface area contributed by atoms with Gasteiger partial charge in [-0.15, -0.1) is 0 Å². The molecule has 1 N–H and O–H groups in total. The van der Waals surface area contributed by atoms with Crippen molar-refractivity contribution in [1.29, 1.82) is 0 Å². The Kier molecular flexibility index (Phi) is 4.00. The molecular weight excluding hydrogens is 234 g/mol. The van der Waals surface area contributed by atoms with Crippen LogP contribution < -0.4 is 5.32 Å². The zero-order valence-corrected chi connectivity index (χ0v) is 11.6. The van der Waals surface area contributed by atoms with Gasteiger partial charge in [0.2, 0.25) is 0 Å². The van der Waals surface area contributed by atoms with Gasteiger partial charge < -0.3 is 5.32 Å². The second kappa shape index (κ2) is 5.70. The van der Waals surface area contributed by atoms with Crippen molar-refractivity contribution in [3.8, 4) is 0 Å². The van der Waals surface area contributed by atoms with Gasteiger partial charge in [-0.2, -0.15) is 0 Å². The van der Waals surface area contributed by atoms with Gasteiger partial charge in [-0.3, -0.25) is 4.79 Å². The molecule has 0 saturated heterocycles. The molecule has 0 unspecified atom stereocenters. The number of ketones is 1. The van der Waals surface area contributed by atoms with Crippen molar-refractivity contribution in [1.82, 2.24) is 0 Å². The quantitative estimate of drug-likeness (QED) is 0.832. The van der Waals surface area contributed by atoms with Gasteiger partial charge in [0.25, 0.3) is 0 Å². The van der Waals surface area contributed by atoms with E-state index in [9.17, 15) is 4.79 Å². The van der Waals surface area contributed by atoms with E-state index in [1.165, 1.54) is 5.56 Å². The Bertz CT molecular complexity index is 570. The van der Waals surface area contributed by atoms with Crippen molar-refractivity contribution >= 4 is 11.5 Å². The Balaban J connectivity index is 2.28. The second-order valence-corrected chi connectivity index (χ2v) is 4.94. The molecule has 0 spiro atoms. The number of carbonyl (C=O) groups is 1. The van der Waals surface area contributed by atoms with Crippen LogP contribution in [0.3, 0.4) is 0 Å². The van der Waals surface area contributed by atoms with Gasteiger partial charge in [0, 0.05) is 23.9 Å². The first-order valence-corrected chi connectivity index (χ1v) is 6.54. The van der Waals surface area contributed by atoms with Crippen LogP contribution in [0.15, 0.2) is 48.5 Å². The summed E-state index contributed by atoms with van der Waals surface area (Å²) in [5.41, 5.74) is 3.65. The molecule has 0 aromatic heterocycles. The van der Waals surface area contributed by atoms with Crippen LogP contribution in [0.5, 0.6) is 0 Å². The molecule has 0 heterocycles. The van der Waals surface area contributed by atoms with Gasteiger partial charge >= 0.3 is 0 Å². The van der Waals surface area contributed by atoms with Crippen molar-refractivity contribution in [2.45, 2.75) is 19.8 Å². The van der Waals surface area contributed by atoms with E-state index in [-0.39, 0.29) is 5.78 Å². The molecule has 0 radical (unpaired) electrons. The highest BCUT2D eigenvalue weighted by Crippen LogP contribution is 2.18. The highest BCUT2D eigenvalue weighted by atomic mass is 16.1. The molecule has 2 aromatic carbocycles. The largest absolute Gasteiger partial charge is 0.388 e. The van der Waals surface area contributed by atoms with Crippen LogP contribution in [0.4, 0.5) is 5.69 Å². The Morgan fingerprint density at radius 3 is 2.26 bits per heavy atom. The minimum atomic E-state index is 0.0624. The van der Waals surface area contributed by atoms with Gasteiger partial charge in [0.05, 0.1) is 0 Å². The zero-order chi connectivity index (χ0) is 13.8. The van der Waals surface area contributed by atoms with Gasteiger partial charge in [-0.1, -0.05) is 50.2 Å². The average molecular weight is 253 g/mol. The van der Waals surface area contributed by atoms with Gasteiger partial charge in [0.15, 0.2) is 5.78 Å². The number of benzene rings is 2. The Hall–Kier alpha value is -2.09. The molecule has 0 aliphatic rings. The molecule has 98 valence electrons. The van der Waals surface area contributed by atoms with Crippen molar-refractivity contribution in [2.75, 3.05) is 12.4 Å². The molecular formula is C17H19NO. The highest BCUT2D eigenvalue weighted by molar-refractivity contribution is 6.09. The minimum Gasteiger partial charge on any atom is -0.388 e. The lowest BCUT2D eigenvalue weighted by Crippen LogP contribution is -2.02. The maximum absolute atomic E-state index is 12.4. The lowest BCUT2D eigenvalue weighted by atomic mass is 9.98. The van der Waals surface area contributed by atoms with Crippen LogP contribution in [0, 0.1) is 0 Å². The van der Waals surface area contributed by atoms with E-state index in [0.29, 0.717) is 11.5 Å². The number of hydrogen-bond acceptors (Lipinski definition) is 2. The number of nitrogens with one attached hydrogen (secondary N) is 1. The van der Waals surface area contributed by atoms with E-state index >= 15 is 0 Å². The maximum Gasteiger partial charge on any atom is 0.193 e. The first-order chi connectivity index (χ1) is 9.11. The third-order valence-corrected chi connectivity index (χ3v) is 3.25. The van der Waals surface area contributed by atoms with Crippen LogP contribution in [-0.2, 0) is 0 Å². The van der Waals surface area contributed by atoms with Crippen LogP contribution in [0.2, 0.25) is 0 Å². The summed E-state index contributed by atoms with van der Waals surface area (Å²) >= 11 is 0. The SMILES string of the molecule is CNc1cccc(C(=O)c2ccc(C(C)C)cc2)c1. The molecule has 0 aliphatic heterocycles. The predicted molar refractivity (Wildman–Crippen MR) is 80.0 cm³/mol. The topological polar surface area (TPSA) is 29.1 Å². The van der Waals surface area contributed by atoms with Gasteiger partial charge in [0.1, 0.15) is 0 Å². The fraction of sp³-hybridized carbons (Fsp3) is 0.235. The first-order valence-electron chi connectivity index (χ1n) is 6.54. The number of hydrogen-bond donors (Lipinski definition) is 1. The summed E-state index contributed by atoms with van der Waals surface area (Å²) in [6, 6.07) is 15.4. The Morgan fingerprint density at radius 1 is 1.00 bits per heavy atom. The monoisotopic (exact) mass is 253 g/mol. The normalized spacial score (nSPS) is 10.5. The maximum atomic E-state index is 12.4. The summed E-state index contributed by atoms with van der Waals surface area (Å²) < 4.78 is 0. The molecule has 2 heteroatoms. The van der Waals surface area contributed by atoms with Crippen molar-refractivity contribution < 1.29 is 4.79 Å². The van der Waals surface area contributed by atoms with E-state index in [2.05, 4.69) is 19.2 Å². The highest BCUT2D eigenvalue weighted by Gasteiger charge is 2.09. The summed E-state index contributed by atoms with van der Waals surface area (Å²) in [4.78, 5) is 12.4. The minimum absolute atomic E-state index is 0.0624. The van der Waals surface area contributed by atoms with Gasteiger partial charge in [-0.05, 0) is 23.6 Å². The molecule has 19 heavy (non-hydrogen) atoms. The third-order valence-electron chi connectivity index (χ3n) is 3.25. The van der Waals surface area contributed by atoms with Crippen molar-refractivity contribution in [3.05, 3.63) is 65.2 Å². The lowest BCUT2D eigenvalue weighted by molar-refractivity contribution is 0.103. The molecule has 0 bridgehead atoms. The summed E-state index contributed by atoms with van der Waals surface area (Å²) in [7, 11) is 1.85. The van der Waals surface area contributed by atoms with Crippen LogP contribution in [0.1, 0.15) is 41.3 Å². The van der Waals surface area contributed by atoms with Crippen LogP contribution in [-0.4, -0.2) is 12.8 Å². The fourth-order valence-corrected chi connectivity index (χ4v) is 2.00. The predicted octanol–water partition coefficient (Wildman–Crippen LogP) is 4.08. The molecule has 0 amide bonds. The van der Waals surface area contributed by atoms with Crippen LogP contribution in [0.25, 0.3) is 0 Å². The standard InChI is InChI=1S/C17H19NO/c1-12(2)13-7-9-14(10-8-13)17(19)15-5-4-6-16(11-15)18-3/h4-12,18H,1-3H3. The van der Waals surface area contributed by atoms with Crippen LogP contribution >= 0.6 is 0 Å². The second-order valence-electron chi connectivity index (χ2n) is 4.94. The van der Waals surface area contributed by atoms with E-state index in [1.807, 2.05) is 55.6 Å². The zero-order valence-electron chi connectivity index (χ0n) is 11.6. The summed E-state index contributed by atoms with van der Waals surface area (Å²) in [5, 5.41) is 3.05. The number of carbonyl (C=O) groups excluding carboxylic acids is 1. The van der Waals surface area contributed by atoms with Gasteiger partial charge in [-0.25, -0.2) is 0 Å². The Morgan fingerprint density at radius 2 is 1.68 bits per heavy atom. The summed E-state index contributed by atoms with van der Waals surface area (Å²) in [5.74, 6) is 0.546. The molecule has 2 aromatic rings. The van der Waals surface area contributed by atoms with Crippen molar-refractivity contribution in [2.24, 2.45) is 0 Å². The first kappa shape index (κ1) is 13.3. The smallest absolute Gasteiger partial charge is 0.193 e. The van der Waals surface area contributed by atoms with Crippen molar-refractivity contribution in [3.63, 3.8) is 0 Å². The Labute approximate surface area is 114 Å². The summed E-state index contributed by atoms with van der Waals surface area (Å²) in [6.07, 6.45) is 0. The molecule has 0 atom stereocenters. The van der Waals surface area contributed by atoms with E-state index in [1.54, 1.807) is 0 Å². The van der Waals surface area contributed by atoms with E-state index in [0.717, 1.165) is 11.3 Å². The van der Waals surface area contributed by atoms with E-state index < -0.39 is 0 Å². The summed E-state index contributed by atoms with van der Waals surface area (Å²) in [6.45, 7) is 4.29. The molecule has 0 fully saturated rings. The molecule has 0 saturated carbocycles. The fourth-order valence-electron chi connectivity index (χ4n) is 2.00. The number of rotatable bonds is 4. The molecule has 2 rings (SSSR count). The third kappa shape index (κ3) is 3.02.